The number of carbonyl (C=O) groups is 1. The summed E-state index contributed by atoms with van der Waals surface area (Å²) in [6.45, 7) is 2.75. The molecular weight excluding hydrogens is 252 g/mol. The van der Waals surface area contributed by atoms with Crippen molar-refractivity contribution in [3.8, 4) is 0 Å². The van der Waals surface area contributed by atoms with E-state index in [2.05, 4.69) is 12.2 Å². The van der Waals surface area contributed by atoms with Gasteiger partial charge >= 0.3 is 0 Å². The van der Waals surface area contributed by atoms with Crippen molar-refractivity contribution in [2.75, 3.05) is 23.9 Å². The SMILES string of the molecule is CSCC(C)CNc1ccc(C=O)cc1[N+](=O)[O-]. The number of thioether (sulfide) groups is 1. The molecule has 1 unspecified atom stereocenters. The third-order valence-electron chi connectivity index (χ3n) is 2.45. The van der Waals surface area contributed by atoms with Crippen LogP contribution in [-0.2, 0) is 0 Å². The van der Waals surface area contributed by atoms with Crippen LogP contribution >= 0.6 is 11.8 Å². The Morgan fingerprint density at radius 1 is 1.56 bits per heavy atom. The Morgan fingerprint density at radius 3 is 2.83 bits per heavy atom. The molecule has 0 aliphatic heterocycles. The van der Waals surface area contributed by atoms with Gasteiger partial charge in [0, 0.05) is 18.2 Å². The summed E-state index contributed by atoms with van der Waals surface area (Å²) in [4.78, 5) is 21.0. The molecular formula is C12H16N2O3S. The predicted molar refractivity (Wildman–Crippen MR) is 74.5 cm³/mol. The molecule has 0 radical (unpaired) electrons. The van der Waals surface area contributed by atoms with Crippen LogP contribution in [0, 0.1) is 16.0 Å². The van der Waals surface area contributed by atoms with Crippen LogP contribution in [0.25, 0.3) is 0 Å². The average Bonchev–Trinajstić information content (AvgIpc) is 2.36. The predicted octanol–water partition coefficient (Wildman–Crippen LogP) is 2.82. The highest BCUT2D eigenvalue weighted by Crippen LogP contribution is 2.25. The van der Waals surface area contributed by atoms with Gasteiger partial charge in [0.2, 0.25) is 0 Å². The maximum atomic E-state index is 10.9. The lowest BCUT2D eigenvalue weighted by Gasteiger charge is -2.12. The minimum absolute atomic E-state index is 0.0593. The number of rotatable bonds is 7. The highest BCUT2D eigenvalue weighted by Gasteiger charge is 2.14. The van der Waals surface area contributed by atoms with Crippen LogP contribution in [0.15, 0.2) is 18.2 Å². The minimum Gasteiger partial charge on any atom is -0.379 e. The molecule has 0 heterocycles. The highest BCUT2D eigenvalue weighted by atomic mass is 32.2. The molecule has 0 fully saturated rings. The van der Waals surface area contributed by atoms with Gasteiger partial charge in [0.15, 0.2) is 0 Å². The van der Waals surface area contributed by atoms with E-state index in [0.29, 0.717) is 30.0 Å². The second-order valence-corrected chi connectivity index (χ2v) is 5.00. The van der Waals surface area contributed by atoms with Crippen LogP contribution < -0.4 is 5.32 Å². The molecule has 0 aromatic heterocycles. The van der Waals surface area contributed by atoms with Crippen molar-refractivity contribution in [2.24, 2.45) is 5.92 Å². The molecule has 18 heavy (non-hydrogen) atoms. The first-order chi connectivity index (χ1) is 8.58. The molecule has 0 saturated heterocycles. The summed E-state index contributed by atoms with van der Waals surface area (Å²) in [5.41, 5.74) is 0.707. The maximum absolute atomic E-state index is 10.9. The van der Waals surface area contributed by atoms with Crippen molar-refractivity contribution in [1.82, 2.24) is 0 Å². The molecule has 0 spiro atoms. The van der Waals surface area contributed by atoms with Gasteiger partial charge in [-0.05, 0) is 30.1 Å². The Bertz CT molecular complexity index is 437. The summed E-state index contributed by atoms with van der Waals surface area (Å²) in [7, 11) is 0. The summed E-state index contributed by atoms with van der Waals surface area (Å²) >= 11 is 1.74. The van der Waals surface area contributed by atoms with Gasteiger partial charge in [-0.3, -0.25) is 14.9 Å². The van der Waals surface area contributed by atoms with Crippen LogP contribution in [0.5, 0.6) is 0 Å². The summed E-state index contributed by atoms with van der Waals surface area (Å²) in [5, 5.41) is 14.0. The van der Waals surface area contributed by atoms with Crippen LogP contribution in [-0.4, -0.2) is 29.8 Å². The van der Waals surface area contributed by atoms with E-state index >= 15 is 0 Å². The molecule has 5 nitrogen and oxygen atoms in total. The number of hydrogen-bond donors (Lipinski definition) is 1. The van der Waals surface area contributed by atoms with E-state index in [1.54, 1.807) is 23.9 Å². The van der Waals surface area contributed by atoms with E-state index < -0.39 is 4.92 Å². The number of nitrogens with zero attached hydrogens (tertiary/aromatic N) is 1. The third-order valence-corrected chi connectivity index (χ3v) is 3.35. The standard InChI is InChI=1S/C12H16N2O3S/c1-9(8-18-2)6-13-11-4-3-10(7-15)5-12(11)14(16)17/h3-5,7,9,13H,6,8H2,1-2H3. The number of benzene rings is 1. The molecule has 1 rings (SSSR count). The Hall–Kier alpha value is -1.56. The Morgan fingerprint density at radius 2 is 2.28 bits per heavy atom. The number of nitro benzene ring substituents is 1. The molecule has 0 aliphatic rings. The fourth-order valence-corrected chi connectivity index (χ4v) is 2.24. The van der Waals surface area contributed by atoms with Crippen LogP contribution in [0.2, 0.25) is 0 Å². The highest BCUT2D eigenvalue weighted by molar-refractivity contribution is 7.98. The van der Waals surface area contributed by atoms with Crippen LogP contribution in [0.3, 0.4) is 0 Å². The first-order valence-corrected chi connectivity index (χ1v) is 6.94. The molecule has 6 heteroatoms. The molecule has 1 aromatic carbocycles. The summed E-state index contributed by atoms with van der Waals surface area (Å²) in [6, 6.07) is 4.43. The first-order valence-electron chi connectivity index (χ1n) is 5.55. The van der Waals surface area contributed by atoms with E-state index in [1.165, 1.54) is 6.07 Å². The number of carbonyl (C=O) groups excluding carboxylic acids is 1. The summed E-state index contributed by atoms with van der Waals surface area (Å²) in [6.07, 6.45) is 2.63. The maximum Gasteiger partial charge on any atom is 0.293 e. The molecule has 1 aromatic rings. The fourth-order valence-electron chi connectivity index (χ4n) is 1.55. The van der Waals surface area contributed by atoms with E-state index in [1.807, 2.05) is 6.26 Å². The van der Waals surface area contributed by atoms with Gasteiger partial charge < -0.3 is 5.32 Å². The van der Waals surface area contributed by atoms with Crippen molar-refractivity contribution in [3.63, 3.8) is 0 Å². The van der Waals surface area contributed by atoms with Gasteiger partial charge in [-0.1, -0.05) is 6.92 Å². The molecule has 0 bridgehead atoms. The van der Waals surface area contributed by atoms with Crippen molar-refractivity contribution >= 4 is 29.4 Å². The molecule has 0 aliphatic carbocycles. The molecule has 1 N–H and O–H groups in total. The third kappa shape index (κ3) is 4.03. The Balaban J connectivity index is 2.81. The quantitative estimate of drug-likeness (QED) is 0.467. The summed E-state index contributed by atoms with van der Waals surface area (Å²) < 4.78 is 0. The lowest BCUT2D eigenvalue weighted by molar-refractivity contribution is -0.384. The van der Waals surface area contributed by atoms with Gasteiger partial charge in [-0.25, -0.2) is 0 Å². The molecule has 0 saturated carbocycles. The zero-order valence-corrected chi connectivity index (χ0v) is 11.2. The summed E-state index contributed by atoms with van der Waals surface area (Å²) in [5.74, 6) is 1.41. The average molecular weight is 268 g/mol. The fraction of sp³-hybridized carbons (Fsp3) is 0.417. The normalized spacial score (nSPS) is 11.9. The Kier molecular flexibility index (Phi) is 5.64. The Labute approximate surface area is 110 Å². The van der Waals surface area contributed by atoms with E-state index in [4.69, 9.17) is 0 Å². The van der Waals surface area contributed by atoms with Crippen LogP contribution in [0.1, 0.15) is 17.3 Å². The van der Waals surface area contributed by atoms with E-state index in [9.17, 15) is 14.9 Å². The number of anilines is 1. The van der Waals surface area contributed by atoms with Gasteiger partial charge in [0.05, 0.1) is 4.92 Å². The second-order valence-electron chi connectivity index (χ2n) is 4.09. The number of nitrogens with one attached hydrogen (secondary N) is 1. The molecule has 0 amide bonds. The monoisotopic (exact) mass is 268 g/mol. The lowest BCUT2D eigenvalue weighted by Crippen LogP contribution is -2.14. The zero-order valence-electron chi connectivity index (χ0n) is 10.4. The topological polar surface area (TPSA) is 72.2 Å². The lowest BCUT2D eigenvalue weighted by atomic mass is 10.1. The first kappa shape index (κ1) is 14.5. The smallest absolute Gasteiger partial charge is 0.293 e. The van der Waals surface area contributed by atoms with E-state index in [-0.39, 0.29) is 5.69 Å². The van der Waals surface area contributed by atoms with Gasteiger partial charge in [0.25, 0.3) is 5.69 Å². The van der Waals surface area contributed by atoms with Crippen molar-refractivity contribution < 1.29 is 9.72 Å². The number of aldehydes is 1. The van der Waals surface area contributed by atoms with Crippen molar-refractivity contribution in [2.45, 2.75) is 6.92 Å². The number of hydrogen-bond acceptors (Lipinski definition) is 5. The van der Waals surface area contributed by atoms with Gasteiger partial charge in [0.1, 0.15) is 12.0 Å². The molecule has 98 valence electrons. The van der Waals surface area contributed by atoms with E-state index in [0.717, 1.165) is 5.75 Å². The molecule has 1 atom stereocenters. The largest absolute Gasteiger partial charge is 0.379 e. The van der Waals surface area contributed by atoms with Gasteiger partial charge in [-0.2, -0.15) is 11.8 Å². The van der Waals surface area contributed by atoms with Gasteiger partial charge in [-0.15, -0.1) is 0 Å². The van der Waals surface area contributed by atoms with Crippen molar-refractivity contribution in [1.29, 1.82) is 0 Å². The minimum atomic E-state index is -0.478. The second kappa shape index (κ2) is 7.00. The zero-order chi connectivity index (χ0) is 13.5. The van der Waals surface area contributed by atoms with Crippen molar-refractivity contribution in [3.05, 3.63) is 33.9 Å². The number of nitro groups is 1. The van der Waals surface area contributed by atoms with Crippen LogP contribution in [0.4, 0.5) is 11.4 Å².